The molecule has 4 rings (SSSR count). The first-order valence-corrected chi connectivity index (χ1v) is 13.1. The monoisotopic (exact) mass is 556 g/mol. The molecule has 0 aromatic heterocycles. The van der Waals surface area contributed by atoms with E-state index in [4.69, 9.17) is 5.11 Å². The Morgan fingerprint density at radius 2 is 1.51 bits per heavy atom. The Morgan fingerprint density at radius 1 is 0.902 bits per heavy atom. The quantitative estimate of drug-likeness (QED) is 0.383. The zero-order valence-electron chi connectivity index (χ0n) is 23.3. The topological polar surface area (TPSA) is 136 Å². The number of amides is 4. The molecule has 0 bridgehead atoms. The molecule has 0 saturated heterocycles. The molecule has 0 saturated carbocycles. The number of benzene rings is 3. The summed E-state index contributed by atoms with van der Waals surface area (Å²) in [6.45, 7) is 6.65. The van der Waals surface area contributed by atoms with Crippen molar-refractivity contribution in [3.63, 3.8) is 0 Å². The summed E-state index contributed by atoms with van der Waals surface area (Å²) in [5.41, 5.74) is 1.63. The number of carboxylic acid groups (broad SMARTS) is 1. The van der Waals surface area contributed by atoms with Crippen LogP contribution in [0.2, 0.25) is 0 Å². The molecule has 10 heteroatoms. The highest BCUT2D eigenvalue weighted by molar-refractivity contribution is 6.13. The van der Waals surface area contributed by atoms with E-state index in [2.05, 4.69) is 10.6 Å². The fourth-order valence-corrected chi connectivity index (χ4v) is 4.59. The van der Waals surface area contributed by atoms with Crippen molar-refractivity contribution in [2.45, 2.75) is 33.7 Å². The van der Waals surface area contributed by atoms with Gasteiger partial charge in [-0.2, -0.15) is 0 Å². The lowest BCUT2D eigenvalue weighted by molar-refractivity contribution is -0.126. The summed E-state index contributed by atoms with van der Waals surface area (Å²) in [4.78, 5) is 68.0. The number of carbonyl (C=O) groups is 5. The third-order valence-corrected chi connectivity index (χ3v) is 6.72. The standard InChI is InChI=1S/C31H32N4O6/c1-19-9-5-6-10-22(19)26(36)18-34-24-11-7-8-12-25(24)35(29(40)31(2,3)4)17-23(27(34)37)33-30(41)32-21-15-13-20(14-16-21)28(38)39/h5-16,23H,17-18H2,1-4H3,(H,38,39)(H2,32,33,41). The van der Waals surface area contributed by atoms with Crippen LogP contribution in [0.1, 0.15) is 47.1 Å². The number of carboxylic acids is 1. The number of fused-ring (bicyclic) bond motifs is 1. The van der Waals surface area contributed by atoms with E-state index >= 15 is 0 Å². The molecule has 1 aliphatic rings. The molecule has 212 valence electrons. The maximum absolute atomic E-state index is 14.0. The number of hydrogen-bond donors (Lipinski definition) is 3. The van der Waals surface area contributed by atoms with Gasteiger partial charge < -0.3 is 25.5 Å². The zero-order valence-corrected chi connectivity index (χ0v) is 23.3. The second-order valence-corrected chi connectivity index (χ2v) is 10.9. The van der Waals surface area contributed by atoms with E-state index in [1.807, 2.05) is 19.1 Å². The number of nitrogens with one attached hydrogen (secondary N) is 2. The molecule has 0 radical (unpaired) electrons. The Balaban J connectivity index is 1.69. The van der Waals surface area contributed by atoms with Gasteiger partial charge in [0.15, 0.2) is 5.78 Å². The molecule has 4 amide bonds. The number of urea groups is 1. The molecule has 1 heterocycles. The molecule has 3 aromatic carbocycles. The summed E-state index contributed by atoms with van der Waals surface area (Å²) in [6, 6.07) is 17.5. The second kappa shape index (κ2) is 11.6. The fraction of sp³-hybridized carbons (Fsp3) is 0.258. The van der Waals surface area contributed by atoms with Gasteiger partial charge in [-0.3, -0.25) is 14.4 Å². The molecular formula is C31H32N4O6. The summed E-state index contributed by atoms with van der Waals surface area (Å²) >= 11 is 0. The van der Waals surface area contributed by atoms with E-state index in [9.17, 15) is 24.0 Å². The average molecular weight is 557 g/mol. The number of nitrogens with zero attached hydrogens (tertiary/aromatic N) is 2. The summed E-state index contributed by atoms with van der Waals surface area (Å²) in [7, 11) is 0. The van der Waals surface area contributed by atoms with E-state index in [1.54, 1.807) is 57.2 Å². The molecule has 1 aliphatic heterocycles. The van der Waals surface area contributed by atoms with Crippen LogP contribution in [0, 0.1) is 12.3 Å². The maximum Gasteiger partial charge on any atom is 0.335 e. The van der Waals surface area contributed by atoms with Crippen molar-refractivity contribution in [2.75, 3.05) is 28.2 Å². The van der Waals surface area contributed by atoms with Gasteiger partial charge in [0.25, 0.3) is 5.91 Å². The van der Waals surface area contributed by atoms with Gasteiger partial charge in [0.1, 0.15) is 6.04 Å². The van der Waals surface area contributed by atoms with Crippen LogP contribution < -0.4 is 20.4 Å². The number of aromatic carboxylic acids is 1. The number of rotatable bonds is 6. The molecule has 3 aromatic rings. The second-order valence-electron chi connectivity index (χ2n) is 10.9. The first kappa shape index (κ1) is 29.0. The van der Waals surface area contributed by atoms with Crippen molar-refractivity contribution < 1.29 is 29.1 Å². The summed E-state index contributed by atoms with van der Waals surface area (Å²) in [6.07, 6.45) is 0. The number of ketones is 1. The van der Waals surface area contributed by atoms with Gasteiger partial charge in [-0.1, -0.05) is 57.2 Å². The predicted molar refractivity (Wildman–Crippen MR) is 155 cm³/mol. The molecule has 0 spiro atoms. The summed E-state index contributed by atoms with van der Waals surface area (Å²) in [5, 5.41) is 14.4. The van der Waals surface area contributed by atoms with Crippen molar-refractivity contribution in [3.05, 3.63) is 89.5 Å². The number of carbonyl (C=O) groups excluding carboxylic acids is 4. The van der Waals surface area contributed by atoms with Gasteiger partial charge in [0.2, 0.25) is 5.91 Å². The van der Waals surface area contributed by atoms with Gasteiger partial charge >= 0.3 is 12.0 Å². The Morgan fingerprint density at radius 3 is 2.12 bits per heavy atom. The van der Waals surface area contributed by atoms with Gasteiger partial charge in [-0.25, -0.2) is 9.59 Å². The van der Waals surface area contributed by atoms with E-state index < -0.39 is 29.4 Å². The summed E-state index contributed by atoms with van der Waals surface area (Å²) in [5.74, 6) is -2.21. The minimum absolute atomic E-state index is 0.0537. The van der Waals surface area contributed by atoms with Crippen molar-refractivity contribution in [1.29, 1.82) is 0 Å². The zero-order chi connectivity index (χ0) is 29.9. The van der Waals surface area contributed by atoms with Crippen molar-refractivity contribution in [2.24, 2.45) is 5.41 Å². The number of Topliss-reactive ketones (excluding diaryl/α,β-unsaturated/α-hetero) is 1. The smallest absolute Gasteiger partial charge is 0.335 e. The fourth-order valence-electron chi connectivity index (χ4n) is 4.59. The molecule has 41 heavy (non-hydrogen) atoms. The van der Waals surface area contributed by atoms with E-state index in [0.717, 1.165) is 5.56 Å². The van der Waals surface area contributed by atoms with Crippen LogP contribution in [0.15, 0.2) is 72.8 Å². The van der Waals surface area contributed by atoms with E-state index in [0.29, 0.717) is 22.6 Å². The number of anilines is 3. The van der Waals surface area contributed by atoms with Crippen LogP contribution in [-0.2, 0) is 9.59 Å². The van der Waals surface area contributed by atoms with Crippen molar-refractivity contribution >= 4 is 46.7 Å². The van der Waals surface area contributed by atoms with Crippen LogP contribution >= 0.6 is 0 Å². The van der Waals surface area contributed by atoms with Crippen molar-refractivity contribution in [1.82, 2.24) is 5.32 Å². The third kappa shape index (κ3) is 6.43. The van der Waals surface area contributed by atoms with Crippen LogP contribution in [0.3, 0.4) is 0 Å². The maximum atomic E-state index is 14.0. The highest BCUT2D eigenvalue weighted by atomic mass is 16.4. The van der Waals surface area contributed by atoms with Gasteiger partial charge in [-0.05, 0) is 48.9 Å². The Hall–Kier alpha value is -4.99. The van der Waals surface area contributed by atoms with Crippen LogP contribution in [-0.4, -0.2) is 53.8 Å². The molecule has 1 unspecified atom stereocenters. The Bertz CT molecular complexity index is 1510. The van der Waals surface area contributed by atoms with Gasteiger partial charge in [0.05, 0.1) is 30.0 Å². The highest BCUT2D eigenvalue weighted by Crippen LogP contribution is 2.35. The molecular weight excluding hydrogens is 524 g/mol. The molecule has 0 fully saturated rings. The molecule has 10 nitrogen and oxygen atoms in total. The van der Waals surface area contributed by atoms with Crippen LogP contribution in [0.5, 0.6) is 0 Å². The molecule has 0 aliphatic carbocycles. The molecule has 1 atom stereocenters. The minimum Gasteiger partial charge on any atom is -0.478 e. The Kier molecular flexibility index (Phi) is 8.23. The number of hydrogen-bond acceptors (Lipinski definition) is 5. The number of aryl methyl sites for hydroxylation is 1. The van der Waals surface area contributed by atoms with Crippen LogP contribution in [0.25, 0.3) is 0 Å². The highest BCUT2D eigenvalue weighted by Gasteiger charge is 2.40. The average Bonchev–Trinajstić information content (AvgIpc) is 3.03. The van der Waals surface area contributed by atoms with Crippen LogP contribution in [0.4, 0.5) is 21.9 Å². The molecule has 3 N–H and O–H groups in total. The van der Waals surface area contributed by atoms with E-state index in [-0.39, 0.29) is 30.3 Å². The SMILES string of the molecule is Cc1ccccc1C(=O)CN1C(=O)C(NC(=O)Nc2ccc(C(=O)O)cc2)CN(C(=O)C(C)(C)C)c2ccccc21. The third-order valence-electron chi connectivity index (χ3n) is 6.72. The largest absolute Gasteiger partial charge is 0.478 e. The lowest BCUT2D eigenvalue weighted by Crippen LogP contribution is -2.55. The van der Waals surface area contributed by atoms with Crippen molar-refractivity contribution in [3.8, 4) is 0 Å². The first-order chi connectivity index (χ1) is 19.4. The minimum atomic E-state index is -1.20. The summed E-state index contributed by atoms with van der Waals surface area (Å²) < 4.78 is 0. The van der Waals surface area contributed by atoms with Gasteiger partial charge in [0, 0.05) is 16.7 Å². The Labute approximate surface area is 238 Å². The van der Waals surface area contributed by atoms with Gasteiger partial charge in [-0.15, -0.1) is 0 Å². The lowest BCUT2D eigenvalue weighted by atomic mass is 9.94. The normalized spacial score (nSPS) is 15.0. The van der Waals surface area contributed by atoms with E-state index in [1.165, 1.54) is 34.1 Å². The first-order valence-electron chi connectivity index (χ1n) is 13.1. The predicted octanol–water partition coefficient (Wildman–Crippen LogP) is 4.49. The lowest BCUT2D eigenvalue weighted by Gasteiger charge is -2.30. The number of para-hydroxylation sites is 2.